The summed E-state index contributed by atoms with van der Waals surface area (Å²) in [7, 11) is 1.44. The number of anilines is 1. The Balaban J connectivity index is 1.87. The monoisotopic (exact) mass is 537 g/mol. The number of nitrogens with one attached hydrogen (secondary N) is 1. The molecule has 38 heavy (non-hydrogen) atoms. The second kappa shape index (κ2) is 13.4. The molecule has 0 amide bonds. The van der Waals surface area contributed by atoms with Crippen molar-refractivity contribution in [3.05, 3.63) is 76.1 Å². The molecule has 0 spiro atoms. The Morgan fingerprint density at radius 2 is 1.79 bits per heavy atom. The van der Waals surface area contributed by atoms with Gasteiger partial charge in [-0.3, -0.25) is 10.6 Å². The molecule has 0 fully saturated rings. The van der Waals surface area contributed by atoms with Gasteiger partial charge in [-0.15, -0.1) is 16.8 Å². The number of hydrogen-bond acceptors (Lipinski definition) is 8. The van der Waals surface area contributed by atoms with E-state index in [0.717, 1.165) is 58.0 Å². The highest BCUT2D eigenvalue weighted by Crippen LogP contribution is 2.38. The van der Waals surface area contributed by atoms with Gasteiger partial charge in [0.15, 0.2) is 0 Å². The quantitative estimate of drug-likeness (QED) is 0.201. The van der Waals surface area contributed by atoms with Gasteiger partial charge in [-0.25, -0.2) is 9.97 Å². The second-order valence-electron chi connectivity index (χ2n) is 9.55. The van der Waals surface area contributed by atoms with Crippen LogP contribution < -0.4 is 14.9 Å². The van der Waals surface area contributed by atoms with E-state index in [-0.39, 0.29) is 5.41 Å². The first-order chi connectivity index (χ1) is 18.2. The summed E-state index contributed by atoms with van der Waals surface area (Å²) in [4.78, 5) is 8.34. The van der Waals surface area contributed by atoms with Gasteiger partial charge < -0.3 is 9.47 Å². The van der Waals surface area contributed by atoms with E-state index >= 15 is 0 Å². The molecule has 2 aromatic carbocycles. The van der Waals surface area contributed by atoms with Crippen LogP contribution >= 0.6 is 11.6 Å². The molecule has 0 saturated heterocycles. The lowest BCUT2D eigenvalue weighted by molar-refractivity contribution is -0.0394. The van der Waals surface area contributed by atoms with E-state index in [0.29, 0.717) is 36.4 Å². The van der Waals surface area contributed by atoms with Crippen molar-refractivity contribution in [2.75, 3.05) is 25.0 Å². The highest BCUT2D eigenvalue weighted by atomic mass is 35.5. The van der Waals surface area contributed by atoms with Crippen LogP contribution in [0, 0.1) is 11.3 Å². The fraction of sp³-hybridized carbons (Fsp3) is 0.414. The summed E-state index contributed by atoms with van der Waals surface area (Å²) in [6.45, 7) is 9.25. The SMILES string of the molecule is CCCc1cc(C(C)(C)c2ccc(OCc3cnc(NN(C)O)nc3)c(CC)c2)cc(C#N)c1OCCCl. The molecule has 0 aliphatic heterocycles. The summed E-state index contributed by atoms with van der Waals surface area (Å²) >= 11 is 5.84. The number of hydrazine groups is 1. The van der Waals surface area contributed by atoms with Gasteiger partial charge >= 0.3 is 0 Å². The van der Waals surface area contributed by atoms with Gasteiger partial charge in [-0.05, 0) is 47.2 Å². The minimum atomic E-state index is -0.349. The molecule has 0 aliphatic carbocycles. The van der Waals surface area contributed by atoms with Crippen LogP contribution in [0.3, 0.4) is 0 Å². The molecular formula is C29H36ClN5O3. The predicted molar refractivity (Wildman–Crippen MR) is 149 cm³/mol. The number of alkyl halides is 1. The lowest BCUT2D eigenvalue weighted by Gasteiger charge is -2.29. The van der Waals surface area contributed by atoms with Crippen molar-refractivity contribution in [1.29, 1.82) is 5.26 Å². The molecule has 0 aliphatic rings. The normalized spacial score (nSPS) is 11.3. The Hall–Kier alpha value is -3.38. The zero-order valence-electron chi connectivity index (χ0n) is 22.7. The van der Waals surface area contributed by atoms with E-state index in [1.807, 2.05) is 12.1 Å². The van der Waals surface area contributed by atoms with Crippen LogP contribution in [0.15, 0.2) is 42.7 Å². The second-order valence-corrected chi connectivity index (χ2v) is 9.93. The highest BCUT2D eigenvalue weighted by molar-refractivity contribution is 6.18. The molecule has 0 radical (unpaired) electrons. The Labute approximate surface area is 230 Å². The van der Waals surface area contributed by atoms with Crippen LogP contribution in [0.5, 0.6) is 11.5 Å². The van der Waals surface area contributed by atoms with E-state index < -0.39 is 0 Å². The van der Waals surface area contributed by atoms with Gasteiger partial charge in [0, 0.05) is 30.4 Å². The summed E-state index contributed by atoms with van der Waals surface area (Å²) in [6.07, 6.45) is 5.88. The van der Waals surface area contributed by atoms with Crippen molar-refractivity contribution in [3.8, 4) is 17.6 Å². The van der Waals surface area contributed by atoms with Gasteiger partial charge in [0.2, 0.25) is 5.95 Å². The van der Waals surface area contributed by atoms with Crippen LogP contribution in [-0.2, 0) is 24.9 Å². The number of ether oxygens (including phenoxy) is 2. The van der Waals surface area contributed by atoms with Crippen LogP contribution in [0.4, 0.5) is 5.95 Å². The third-order valence-corrected chi connectivity index (χ3v) is 6.53. The fourth-order valence-corrected chi connectivity index (χ4v) is 4.32. The number of rotatable bonds is 13. The third-order valence-electron chi connectivity index (χ3n) is 6.38. The van der Waals surface area contributed by atoms with Gasteiger partial charge in [0.25, 0.3) is 0 Å². The molecule has 3 rings (SSSR count). The fourth-order valence-electron chi connectivity index (χ4n) is 4.24. The van der Waals surface area contributed by atoms with Crippen molar-refractivity contribution in [2.45, 2.75) is 59.0 Å². The third kappa shape index (κ3) is 7.13. The Morgan fingerprint density at radius 1 is 1.08 bits per heavy atom. The van der Waals surface area contributed by atoms with Crippen LogP contribution in [0.2, 0.25) is 0 Å². The maximum Gasteiger partial charge on any atom is 0.239 e. The molecule has 1 aromatic heterocycles. The molecule has 0 bridgehead atoms. The molecule has 0 unspecified atom stereocenters. The van der Waals surface area contributed by atoms with Crippen LogP contribution in [0.25, 0.3) is 0 Å². The molecule has 9 heteroatoms. The maximum atomic E-state index is 9.89. The first-order valence-electron chi connectivity index (χ1n) is 12.8. The zero-order valence-corrected chi connectivity index (χ0v) is 23.5. The number of halogens is 1. The summed E-state index contributed by atoms with van der Waals surface area (Å²) in [5, 5.41) is 19.9. The molecule has 8 nitrogen and oxygen atoms in total. The smallest absolute Gasteiger partial charge is 0.239 e. The van der Waals surface area contributed by atoms with Crippen LogP contribution in [0.1, 0.15) is 67.5 Å². The number of aromatic nitrogens is 2. The van der Waals surface area contributed by atoms with Crippen molar-refractivity contribution in [2.24, 2.45) is 0 Å². The molecule has 3 aromatic rings. The van der Waals surface area contributed by atoms with Crippen molar-refractivity contribution >= 4 is 17.5 Å². The van der Waals surface area contributed by atoms with Gasteiger partial charge in [-0.1, -0.05) is 52.3 Å². The molecule has 202 valence electrons. The number of hydrogen-bond donors (Lipinski definition) is 2. The van der Waals surface area contributed by atoms with Crippen molar-refractivity contribution in [3.63, 3.8) is 0 Å². The zero-order chi connectivity index (χ0) is 27.7. The average Bonchev–Trinajstić information content (AvgIpc) is 2.91. The summed E-state index contributed by atoms with van der Waals surface area (Å²) in [5.41, 5.74) is 7.90. The molecular weight excluding hydrogens is 502 g/mol. The molecule has 1 heterocycles. The highest BCUT2D eigenvalue weighted by Gasteiger charge is 2.27. The molecule has 0 saturated carbocycles. The lowest BCUT2D eigenvalue weighted by Crippen LogP contribution is -2.22. The minimum absolute atomic E-state index is 0.292. The van der Waals surface area contributed by atoms with E-state index in [4.69, 9.17) is 21.1 Å². The van der Waals surface area contributed by atoms with Crippen molar-refractivity contribution < 1.29 is 14.7 Å². The first kappa shape index (κ1) is 29.2. The molecule has 0 atom stereocenters. The predicted octanol–water partition coefficient (Wildman–Crippen LogP) is 6.03. The maximum absolute atomic E-state index is 9.89. The summed E-state index contributed by atoms with van der Waals surface area (Å²) in [6, 6.07) is 12.7. The summed E-state index contributed by atoms with van der Waals surface area (Å²) < 4.78 is 12.0. The van der Waals surface area contributed by atoms with Gasteiger partial charge in [0.1, 0.15) is 30.8 Å². The Morgan fingerprint density at radius 3 is 2.39 bits per heavy atom. The van der Waals surface area contributed by atoms with Gasteiger partial charge in [0.05, 0.1) is 11.4 Å². The van der Waals surface area contributed by atoms with E-state index in [1.54, 1.807) is 12.4 Å². The number of aryl methyl sites for hydroxylation is 2. The summed E-state index contributed by atoms with van der Waals surface area (Å²) in [5.74, 6) is 2.11. The van der Waals surface area contributed by atoms with Crippen molar-refractivity contribution in [1.82, 2.24) is 15.1 Å². The van der Waals surface area contributed by atoms with E-state index in [2.05, 4.69) is 67.4 Å². The number of benzene rings is 2. The molecule has 2 N–H and O–H groups in total. The lowest BCUT2D eigenvalue weighted by atomic mass is 9.76. The Kier molecular flexibility index (Phi) is 10.3. The standard InChI is InChI=1S/C29H36ClN5O3/c1-6-8-22-14-25(15-23(16-31)27(22)37-12-11-30)29(3,4)24-9-10-26(21(7-2)13-24)38-19-20-17-32-28(33-18-20)34-35(5)36/h9-10,13-15,17-18,36H,6-8,11-12,19H2,1-5H3,(H,32,33,34). The largest absolute Gasteiger partial charge is 0.491 e. The first-order valence-corrected chi connectivity index (χ1v) is 13.3. The number of nitriles is 1. The van der Waals surface area contributed by atoms with Gasteiger partial charge in [-0.2, -0.15) is 5.26 Å². The number of nitrogens with zero attached hydrogens (tertiary/aromatic N) is 4. The minimum Gasteiger partial charge on any atom is -0.491 e. The van der Waals surface area contributed by atoms with E-state index in [9.17, 15) is 10.5 Å². The Bertz CT molecular complexity index is 1260. The van der Waals surface area contributed by atoms with Crippen LogP contribution in [-0.4, -0.2) is 39.9 Å². The average molecular weight is 538 g/mol. The number of hydroxylamine groups is 1. The van der Waals surface area contributed by atoms with E-state index in [1.165, 1.54) is 7.05 Å². The topological polar surface area (TPSA) is 104 Å².